The summed E-state index contributed by atoms with van der Waals surface area (Å²) in [6.45, 7) is 3.62. The minimum atomic E-state index is -3.14. The van der Waals surface area contributed by atoms with Crippen LogP contribution in [0.2, 0.25) is 0 Å². The Kier molecular flexibility index (Phi) is 4.78. The van der Waals surface area contributed by atoms with E-state index in [9.17, 15) is 8.42 Å². The molecule has 2 fully saturated rings. The van der Waals surface area contributed by atoms with Crippen molar-refractivity contribution in [2.75, 3.05) is 32.8 Å². The Morgan fingerprint density at radius 3 is 2.65 bits per heavy atom. The van der Waals surface area contributed by atoms with Crippen molar-refractivity contribution >= 4 is 10.0 Å². The van der Waals surface area contributed by atoms with E-state index in [2.05, 4.69) is 10.0 Å². The summed E-state index contributed by atoms with van der Waals surface area (Å²) in [7, 11) is -3.14. The van der Waals surface area contributed by atoms with Crippen LogP contribution in [0.25, 0.3) is 0 Å². The van der Waals surface area contributed by atoms with Crippen LogP contribution in [-0.4, -0.2) is 46.5 Å². The van der Waals surface area contributed by atoms with Crippen LogP contribution in [0.15, 0.2) is 0 Å². The molecule has 0 aliphatic carbocycles. The number of hydrogen-bond acceptors (Lipinski definition) is 4. The lowest BCUT2D eigenvalue weighted by atomic mass is 10.0. The normalized spacial score (nSPS) is 28.1. The summed E-state index contributed by atoms with van der Waals surface area (Å²) >= 11 is 0. The lowest BCUT2D eigenvalue weighted by Crippen LogP contribution is -2.45. The largest absolute Gasteiger partial charge is 0.381 e. The second-order valence-electron chi connectivity index (χ2n) is 4.92. The number of rotatable bonds is 4. The zero-order chi connectivity index (χ0) is 12.1. The Balaban J connectivity index is 1.79. The lowest BCUT2D eigenvalue weighted by Gasteiger charge is -2.26. The third-order valence-corrected chi connectivity index (χ3v) is 5.45. The van der Waals surface area contributed by atoms with E-state index in [0.717, 1.165) is 45.4 Å². The van der Waals surface area contributed by atoms with E-state index in [1.54, 1.807) is 0 Å². The first-order valence-electron chi connectivity index (χ1n) is 6.45. The molecule has 1 unspecified atom stereocenters. The third-order valence-electron chi connectivity index (χ3n) is 3.60. The third kappa shape index (κ3) is 3.91. The minimum Gasteiger partial charge on any atom is -0.381 e. The van der Waals surface area contributed by atoms with Gasteiger partial charge < -0.3 is 10.1 Å². The van der Waals surface area contributed by atoms with Gasteiger partial charge in [0.1, 0.15) is 0 Å². The second-order valence-corrected chi connectivity index (χ2v) is 6.96. The molecule has 0 radical (unpaired) electrons. The summed E-state index contributed by atoms with van der Waals surface area (Å²) in [5.74, 6) is 0.440. The summed E-state index contributed by atoms with van der Waals surface area (Å²) in [6, 6.07) is 0. The number of nitrogens with one attached hydrogen (secondary N) is 2. The zero-order valence-electron chi connectivity index (χ0n) is 10.2. The van der Waals surface area contributed by atoms with Crippen molar-refractivity contribution < 1.29 is 13.2 Å². The smallest absolute Gasteiger partial charge is 0.215 e. The van der Waals surface area contributed by atoms with E-state index >= 15 is 0 Å². The van der Waals surface area contributed by atoms with Gasteiger partial charge in [-0.1, -0.05) is 0 Å². The fourth-order valence-corrected chi connectivity index (χ4v) is 3.91. The van der Waals surface area contributed by atoms with Crippen LogP contribution in [0.3, 0.4) is 0 Å². The standard InChI is InChI=1S/C11H22N2O3S/c14-17(15,11-2-1-5-12-9-11)13-8-10-3-6-16-7-4-10/h10-13H,1-9H2. The molecule has 17 heavy (non-hydrogen) atoms. The Hall–Kier alpha value is -0.170. The highest BCUT2D eigenvalue weighted by Gasteiger charge is 2.27. The van der Waals surface area contributed by atoms with Gasteiger partial charge in [-0.05, 0) is 38.1 Å². The molecule has 2 heterocycles. The van der Waals surface area contributed by atoms with Crippen LogP contribution in [0.1, 0.15) is 25.7 Å². The molecule has 2 N–H and O–H groups in total. The maximum atomic E-state index is 12.0. The molecule has 2 aliphatic rings. The predicted molar refractivity (Wildman–Crippen MR) is 66.4 cm³/mol. The Morgan fingerprint density at radius 1 is 1.24 bits per heavy atom. The van der Waals surface area contributed by atoms with Gasteiger partial charge in [-0.15, -0.1) is 0 Å². The van der Waals surface area contributed by atoms with Gasteiger partial charge in [-0.2, -0.15) is 0 Å². The highest BCUT2D eigenvalue weighted by Crippen LogP contribution is 2.15. The average molecular weight is 262 g/mol. The summed E-state index contributed by atoms with van der Waals surface area (Å²) in [6.07, 6.45) is 3.65. The van der Waals surface area contributed by atoms with Crippen molar-refractivity contribution in [3.63, 3.8) is 0 Å². The molecule has 2 rings (SSSR count). The second kappa shape index (κ2) is 6.13. The minimum absolute atomic E-state index is 0.254. The molecule has 0 bridgehead atoms. The fourth-order valence-electron chi connectivity index (χ4n) is 2.39. The van der Waals surface area contributed by atoms with E-state index < -0.39 is 10.0 Å². The number of sulfonamides is 1. The van der Waals surface area contributed by atoms with E-state index in [1.807, 2.05) is 0 Å². The van der Waals surface area contributed by atoms with Gasteiger partial charge >= 0.3 is 0 Å². The topological polar surface area (TPSA) is 67.4 Å². The van der Waals surface area contributed by atoms with Crippen LogP contribution in [0.4, 0.5) is 0 Å². The van der Waals surface area contributed by atoms with E-state index in [0.29, 0.717) is 19.0 Å². The van der Waals surface area contributed by atoms with Crippen LogP contribution >= 0.6 is 0 Å². The number of piperidine rings is 1. The van der Waals surface area contributed by atoms with Crippen LogP contribution in [0.5, 0.6) is 0 Å². The predicted octanol–water partition coefficient (Wildman–Crippen LogP) is 0.0844. The molecule has 100 valence electrons. The summed E-state index contributed by atoms with van der Waals surface area (Å²) in [4.78, 5) is 0. The average Bonchev–Trinajstić information content (AvgIpc) is 2.39. The Bertz CT molecular complexity index is 320. The van der Waals surface area contributed by atoms with Gasteiger partial charge in [0, 0.05) is 26.3 Å². The molecule has 0 aromatic carbocycles. The van der Waals surface area contributed by atoms with E-state index in [1.165, 1.54) is 0 Å². The van der Waals surface area contributed by atoms with Gasteiger partial charge in [0.2, 0.25) is 10.0 Å². The number of ether oxygens (including phenoxy) is 1. The van der Waals surface area contributed by atoms with Gasteiger partial charge in [-0.25, -0.2) is 13.1 Å². The molecule has 0 aromatic rings. The summed E-state index contributed by atoms with van der Waals surface area (Å²) in [5.41, 5.74) is 0. The highest BCUT2D eigenvalue weighted by molar-refractivity contribution is 7.90. The van der Waals surface area contributed by atoms with Crippen LogP contribution in [0, 0.1) is 5.92 Å². The first kappa shape index (κ1) is 13.3. The molecule has 2 aliphatic heterocycles. The maximum absolute atomic E-state index is 12.0. The van der Waals surface area contributed by atoms with Crippen molar-refractivity contribution in [3.8, 4) is 0 Å². The Morgan fingerprint density at radius 2 is 2.00 bits per heavy atom. The van der Waals surface area contributed by atoms with Crippen LogP contribution < -0.4 is 10.0 Å². The monoisotopic (exact) mass is 262 g/mol. The fraction of sp³-hybridized carbons (Fsp3) is 1.00. The van der Waals surface area contributed by atoms with Crippen molar-refractivity contribution in [1.29, 1.82) is 0 Å². The molecule has 6 heteroatoms. The maximum Gasteiger partial charge on any atom is 0.215 e. The summed E-state index contributed by atoms with van der Waals surface area (Å²) < 4.78 is 32.1. The van der Waals surface area contributed by atoms with Gasteiger partial charge in [0.25, 0.3) is 0 Å². The van der Waals surface area contributed by atoms with Crippen molar-refractivity contribution in [2.24, 2.45) is 5.92 Å². The number of hydrogen-bond donors (Lipinski definition) is 2. The summed E-state index contributed by atoms with van der Waals surface area (Å²) in [5, 5.41) is 2.89. The quantitative estimate of drug-likeness (QED) is 0.753. The Labute approximate surface area is 103 Å². The molecule has 0 saturated carbocycles. The highest BCUT2D eigenvalue weighted by atomic mass is 32.2. The van der Waals surface area contributed by atoms with Crippen molar-refractivity contribution in [3.05, 3.63) is 0 Å². The SMILES string of the molecule is O=S(=O)(NCC1CCOCC1)C1CCCNC1. The lowest BCUT2D eigenvalue weighted by molar-refractivity contribution is 0.0678. The molecule has 1 atom stereocenters. The molecular formula is C11H22N2O3S. The molecule has 5 nitrogen and oxygen atoms in total. The van der Waals surface area contributed by atoms with Gasteiger partial charge in [-0.3, -0.25) is 0 Å². The van der Waals surface area contributed by atoms with E-state index in [4.69, 9.17) is 4.74 Å². The van der Waals surface area contributed by atoms with Gasteiger partial charge in [0.05, 0.1) is 5.25 Å². The molecular weight excluding hydrogens is 240 g/mol. The van der Waals surface area contributed by atoms with Crippen molar-refractivity contribution in [1.82, 2.24) is 10.0 Å². The van der Waals surface area contributed by atoms with Crippen LogP contribution in [-0.2, 0) is 14.8 Å². The zero-order valence-corrected chi connectivity index (χ0v) is 11.0. The van der Waals surface area contributed by atoms with E-state index in [-0.39, 0.29) is 5.25 Å². The molecule has 0 aromatic heterocycles. The first-order chi connectivity index (χ1) is 8.18. The molecule has 2 saturated heterocycles. The first-order valence-corrected chi connectivity index (χ1v) is 8.00. The van der Waals surface area contributed by atoms with Crippen molar-refractivity contribution in [2.45, 2.75) is 30.9 Å². The van der Waals surface area contributed by atoms with Gasteiger partial charge in [0.15, 0.2) is 0 Å². The molecule has 0 spiro atoms. The molecule has 0 amide bonds.